The van der Waals surface area contributed by atoms with Crippen molar-refractivity contribution >= 4 is 5.91 Å². The summed E-state index contributed by atoms with van der Waals surface area (Å²) in [5.41, 5.74) is 1.68. The lowest BCUT2D eigenvalue weighted by molar-refractivity contribution is 0.0656. The van der Waals surface area contributed by atoms with Gasteiger partial charge in [0, 0.05) is 24.8 Å². The lowest BCUT2D eigenvalue weighted by atomic mass is 9.97. The molecule has 1 saturated heterocycles. The van der Waals surface area contributed by atoms with Crippen LogP contribution in [0.1, 0.15) is 28.8 Å². The zero-order chi connectivity index (χ0) is 17.6. The first-order valence-corrected chi connectivity index (χ1v) is 8.65. The molecular formula is C20H24N2O3. The molecule has 5 nitrogen and oxygen atoms in total. The molecule has 0 saturated carbocycles. The molecule has 0 bridgehead atoms. The minimum absolute atomic E-state index is 0.0392. The summed E-state index contributed by atoms with van der Waals surface area (Å²) < 4.78 is 11.2. The van der Waals surface area contributed by atoms with E-state index in [1.165, 1.54) is 0 Å². The number of aryl methyl sites for hydroxylation is 1. The number of rotatable bonds is 5. The normalized spacial score (nSPS) is 15.0. The molecule has 0 N–H and O–H groups in total. The molecular weight excluding hydrogens is 316 g/mol. The first-order valence-electron chi connectivity index (χ1n) is 8.65. The average Bonchev–Trinajstić information content (AvgIpc) is 2.67. The molecule has 0 aliphatic carbocycles. The van der Waals surface area contributed by atoms with Gasteiger partial charge in [-0.15, -0.1) is 0 Å². The first-order chi connectivity index (χ1) is 12.2. The fourth-order valence-electron chi connectivity index (χ4n) is 3.11. The topological polar surface area (TPSA) is 51.7 Å². The number of hydrogen-bond acceptors (Lipinski definition) is 4. The Labute approximate surface area is 148 Å². The summed E-state index contributed by atoms with van der Waals surface area (Å²) in [6.45, 7) is 4.13. The van der Waals surface area contributed by atoms with E-state index in [0.717, 1.165) is 31.5 Å². The highest BCUT2D eigenvalue weighted by Crippen LogP contribution is 2.24. The summed E-state index contributed by atoms with van der Waals surface area (Å²) in [6, 6.07) is 11.3. The van der Waals surface area contributed by atoms with Crippen LogP contribution in [0.5, 0.6) is 11.6 Å². The number of benzene rings is 1. The van der Waals surface area contributed by atoms with Crippen LogP contribution in [0, 0.1) is 12.8 Å². The summed E-state index contributed by atoms with van der Waals surface area (Å²) in [5, 5.41) is 0. The molecule has 1 amide bonds. The van der Waals surface area contributed by atoms with Crippen molar-refractivity contribution in [3.8, 4) is 11.6 Å². The number of piperidine rings is 1. The standard InChI is InChI=1S/C20H24N2O3/c1-15-6-5-11-21-19(15)25-14-16-9-12-22(13-10-16)20(23)17-7-3-4-8-18(17)24-2/h3-8,11,16H,9-10,12-14H2,1-2H3. The fourth-order valence-corrected chi connectivity index (χ4v) is 3.11. The van der Waals surface area contributed by atoms with E-state index in [-0.39, 0.29) is 5.91 Å². The highest BCUT2D eigenvalue weighted by Gasteiger charge is 2.25. The molecule has 0 radical (unpaired) electrons. The fraction of sp³-hybridized carbons (Fsp3) is 0.400. The Balaban J connectivity index is 1.53. The second-order valence-electron chi connectivity index (χ2n) is 6.37. The molecule has 2 aromatic rings. The molecule has 1 aliphatic rings. The maximum Gasteiger partial charge on any atom is 0.257 e. The van der Waals surface area contributed by atoms with Crippen molar-refractivity contribution in [1.82, 2.24) is 9.88 Å². The zero-order valence-electron chi connectivity index (χ0n) is 14.8. The third-order valence-corrected chi connectivity index (χ3v) is 4.66. The number of hydrogen-bond donors (Lipinski definition) is 0. The summed E-state index contributed by atoms with van der Waals surface area (Å²) in [6.07, 6.45) is 3.62. The Bertz CT molecular complexity index is 724. The van der Waals surface area contributed by atoms with Crippen molar-refractivity contribution in [2.24, 2.45) is 5.92 Å². The second-order valence-corrected chi connectivity index (χ2v) is 6.37. The van der Waals surface area contributed by atoms with Gasteiger partial charge < -0.3 is 14.4 Å². The lowest BCUT2D eigenvalue weighted by Crippen LogP contribution is -2.39. The maximum absolute atomic E-state index is 12.7. The van der Waals surface area contributed by atoms with E-state index in [4.69, 9.17) is 9.47 Å². The maximum atomic E-state index is 12.7. The largest absolute Gasteiger partial charge is 0.496 e. The monoisotopic (exact) mass is 340 g/mol. The van der Waals surface area contributed by atoms with Gasteiger partial charge >= 0.3 is 0 Å². The first kappa shape index (κ1) is 17.3. The van der Waals surface area contributed by atoms with E-state index in [9.17, 15) is 4.79 Å². The van der Waals surface area contributed by atoms with Crippen LogP contribution in [0.2, 0.25) is 0 Å². The van der Waals surface area contributed by atoms with E-state index in [1.807, 2.05) is 48.2 Å². The van der Waals surface area contributed by atoms with Crippen LogP contribution in [0.15, 0.2) is 42.6 Å². The Morgan fingerprint density at radius 2 is 1.96 bits per heavy atom. The molecule has 132 valence electrons. The second kappa shape index (κ2) is 8.01. The highest BCUT2D eigenvalue weighted by molar-refractivity contribution is 5.97. The van der Waals surface area contributed by atoms with E-state index in [1.54, 1.807) is 13.3 Å². The van der Waals surface area contributed by atoms with Crippen LogP contribution in [0.4, 0.5) is 0 Å². The Kier molecular flexibility index (Phi) is 5.53. The lowest BCUT2D eigenvalue weighted by Gasteiger charge is -2.32. The number of methoxy groups -OCH3 is 1. The summed E-state index contributed by atoms with van der Waals surface area (Å²) in [5.74, 6) is 1.82. The molecule has 0 atom stereocenters. The molecule has 2 heterocycles. The van der Waals surface area contributed by atoms with Crippen LogP contribution in [-0.4, -0.2) is 42.6 Å². The number of carbonyl (C=O) groups excluding carboxylic acids is 1. The number of likely N-dealkylation sites (tertiary alicyclic amines) is 1. The third kappa shape index (κ3) is 4.10. The van der Waals surface area contributed by atoms with E-state index in [0.29, 0.717) is 29.7 Å². The third-order valence-electron chi connectivity index (χ3n) is 4.66. The van der Waals surface area contributed by atoms with Crippen LogP contribution in [0.25, 0.3) is 0 Å². The molecule has 25 heavy (non-hydrogen) atoms. The van der Waals surface area contributed by atoms with E-state index in [2.05, 4.69) is 4.98 Å². The van der Waals surface area contributed by atoms with Gasteiger partial charge in [0.15, 0.2) is 0 Å². The van der Waals surface area contributed by atoms with Gasteiger partial charge in [0.2, 0.25) is 5.88 Å². The van der Waals surface area contributed by atoms with Gasteiger partial charge in [0.05, 0.1) is 19.3 Å². The van der Waals surface area contributed by atoms with Crippen LogP contribution < -0.4 is 9.47 Å². The number of carbonyl (C=O) groups is 1. The van der Waals surface area contributed by atoms with Crippen LogP contribution >= 0.6 is 0 Å². The molecule has 1 fully saturated rings. The average molecular weight is 340 g/mol. The Hall–Kier alpha value is -2.56. The number of nitrogens with zero attached hydrogens (tertiary/aromatic N) is 2. The molecule has 3 rings (SSSR count). The van der Waals surface area contributed by atoms with Gasteiger partial charge in [0.25, 0.3) is 5.91 Å². The van der Waals surface area contributed by atoms with Crippen molar-refractivity contribution in [3.63, 3.8) is 0 Å². The zero-order valence-corrected chi connectivity index (χ0v) is 14.8. The Morgan fingerprint density at radius 3 is 2.68 bits per heavy atom. The molecule has 1 aromatic heterocycles. The van der Waals surface area contributed by atoms with Crippen molar-refractivity contribution < 1.29 is 14.3 Å². The van der Waals surface area contributed by atoms with Gasteiger partial charge in [-0.05, 0) is 43.9 Å². The van der Waals surface area contributed by atoms with Gasteiger partial charge in [-0.3, -0.25) is 4.79 Å². The Morgan fingerprint density at radius 1 is 1.20 bits per heavy atom. The van der Waals surface area contributed by atoms with Gasteiger partial charge in [-0.2, -0.15) is 0 Å². The molecule has 1 aliphatic heterocycles. The minimum Gasteiger partial charge on any atom is -0.496 e. The van der Waals surface area contributed by atoms with Crippen LogP contribution in [-0.2, 0) is 0 Å². The number of para-hydroxylation sites is 1. The van der Waals surface area contributed by atoms with Gasteiger partial charge in [0.1, 0.15) is 5.75 Å². The highest BCUT2D eigenvalue weighted by atomic mass is 16.5. The molecule has 0 spiro atoms. The molecule has 5 heteroatoms. The van der Waals surface area contributed by atoms with Gasteiger partial charge in [-0.1, -0.05) is 18.2 Å². The minimum atomic E-state index is 0.0392. The predicted molar refractivity (Wildman–Crippen MR) is 96.1 cm³/mol. The van der Waals surface area contributed by atoms with Crippen molar-refractivity contribution in [1.29, 1.82) is 0 Å². The van der Waals surface area contributed by atoms with Crippen molar-refractivity contribution in [2.75, 3.05) is 26.8 Å². The molecule has 0 unspecified atom stereocenters. The van der Waals surface area contributed by atoms with E-state index >= 15 is 0 Å². The number of ether oxygens (including phenoxy) is 2. The van der Waals surface area contributed by atoms with Crippen molar-refractivity contribution in [2.45, 2.75) is 19.8 Å². The van der Waals surface area contributed by atoms with Crippen molar-refractivity contribution in [3.05, 3.63) is 53.7 Å². The predicted octanol–water partition coefficient (Wildman–Crippen LogP) is 3.33. The summed E-state index contributed by atoms with van der Waals surface area (Å²) in [7, 11) is 1.59. The number of amides is 1. The summed E-state index contributed by atoms with van der Waals surface area (Å²) in [4.78, 5) is 18.9. The SMILES string of the molecule is COc1ccccc1C(=O)N1CCC(COc2ncccc2C)CC1. The quantitative estimate of drug-likeness (QED) is 0.838. The van der Waals surface area contributed by atoms with Crippen LogP contribution in [0.3, 0.4) is 0 Å². The number of aromatic nitrogens is 1. The summed E-state index contributed by atoms with van der Waals surface area (Å²) >= 11 is 0. The smallest absolute Gasteiger partial charge is 0.257 e. The van der Waals surface area contributed by atoms with E-state index < -0.39 is 0 Å². The van der Waals surface area contributed by atoms with Gasteiger partial charge in [-0.25, -0.2) is 4.98 Å². The number of pyridine rings is 1. The molecule has 1 aromatic carbocycles.